The van der Waals surface area contributed by atoms with E-state index >= 15 is 0 Å². The van der Waals surface area contributed by atoms with Gasteiger partial charge >= 0.3 is 5.97 Å². The third kappa shape index (κ3) is 2.68. The molecule has 0 bridgehead atoms. The second kappa shape index (κ2) is 5.18. The first-order valence-corrected chi connectivity index (χ1v) is 5.76. The fourth-order valence-electron chi connectivity index (χ4n) is 2.04. The van der Waals surface area contributed by atoms with Crippen molar-refractivity contribution in [3.8, 4) is 0 Å². The van der Waals surface area contributed by atoms with E-state index in [1.54, 1.807) is 0 Å². The Morgan fingerprint density at radius 2 is 2.11 bits per heavy atom. The summed E-state index contributed by atoms with van der Waals surface area (Å²) >= 11 is 0. The van der Waals surface area contributed by atoms with Crippen molar-refractivity contribution < 1.29 is 19.4 Å². The SMILES string of the molecule is Cc1ccc(N2C(=O)COCC2CC(=O)O)cc1. The van der Waals surface area contributed by atoms with Crippen molar-refractivity contribution in [2.45, 2.75) is 19.4 Å². The average molecular weight is 249 g/mol. The Balaban J connectivity index is 2.26. The molecule has 0 radical (unpaired) electrons. The van der Waals surface area contributed by atoms with Gasteiger partial charge in [-0.15, -0.1) is 0 Å². The van der Waals surface area contributed by atoms with Crippen molar-refractivity contribution in [2.24, 2.45) is 0 Å². The van der Waals surface area contributed by atoms with Crippen LogP contribution in [-0.4, -0.2) is 36.2 Å². The molecular formula is C13H15NO4. The Morgan fingerprint density at radius 1 is 1.44 bits per heavy atom. The predicted octanol–water partition coefficient (Wildman–Crippen LogP) is 1.20. The van der Waals surface area contributed by atoms with Gasteiger partial charge in [0.15, 0.2) is 0 Å². The maximum Gasteiger partial charge on any atom is 0.305 e. The summed E-state index contributed by atoms with van der Waals surface area (Å²) in [7, 11) is 0. The number of rotatable bonds is 3. The molecule has 1 aromatic carbocycles. The highest BCUT2D eigenvalue weighted by atomic mass is 16.5. The zero-order chi connectivity index (χ0) is 13.1. The Labute approximate surface area is 105 Å². The summed E-state index contributed by atoms with van der Waals surface area (Å²) in [6.45, 7) is 2.22. The lowest BCUT2D eigenvalue weighted by molar-refractivity contribution is -0.138. The van der Waals surface area contributed by atoms with Gasteiger partial charge in [0.1, 0.15) is 6.61 Å². The number of hydrogen-bond donors (Lipinski definition) is 1. The maximum atomic E-state index is 11.9. The number of carboxylic acids is 1. The number of carbonyl (C=O) groups is 2. The zero-order valence-electron chi connectivity index (χ0n) is 10.1. The molecule has 0 saturated carbocycles. The fraction of sp³-hybridized carbons (Fsp3) is 0.385. The van der Waals surface area contributed by atoms with Crippen LogP contribution in [0.15, 0.2) is 24.3 Å². The topological polar surface area (TPSA) is 66.8 Å². The van der Waals surface area contributed by atoms with E-state index in [1.807, 2.05) is 31.2 Å². The van der Waals surface area contributed by atoms with E-state index in [1.165, 1.54) is 4.90 Å². The molecule has 1 saturated heterocycles. The van der Waals surface area contributed by atoms with Gasteiger partial charge in [-0.05, 0) is 19.1 Å². The number of amides is 1. The van der Waals surface area contributed by atoms with E-state index in [-0.39, 0.29) is 25.5 Å². The first kappa shape index (κ1) is 12.6. The van der Waals surface area contributed by atoms with E-state index in [0.29, 0.717) is 0 Å². The van der Waals surface area contributed by atoms with Gasteiger partial charge in [0.2, 0.25) is 0 Å². The summed E-state index contributed by atoms with van der Waals surface area (Å²) in [6.07, 6.45) is -0.111. The molecular weight excluding hydrogens is 234 g/mol. The van der Waals surface area contributed by atoms with Crippen LogP contribution < -0.4 is 4.90 Å². The fourth-order valence-corrected chi connectivity index (χ4v) is 2.04. The Bertz CT molecular complexity index is 455. The third-order valence-electron chi connectivity index (χ3n) is 2.89. The van der Waals surface area contributed by atoms with E-state index in [0.717, 1.165) is 11.3 Å². The molecule has 5 nitrogen and oxygen atoms in total. The minimum Gasteiger partial charge on any atom is -0.481 e. The largest absolute Gasteiger partial charge is 0.481 e. The first-order valence-electron chi connectivity index (χ1n) is 5.76. The number of morpholine rings is 1. The third-order valence-corrected chi connectivity index (χ3v) is 2.89. The number of nitrogens with zero attached hydrogens (tertiary/aromatic N) is 1. The first-order chi connectivity index (χ1) is 8.58. The van der Waals surface area contributed by atoms with E-state index in [2.05, 4.69) is 0 Å². The van der Waals surface area contributed by atoms with E-state index in [4.69, 9.17) is 9.84 Å². The highest BCUT2D eigenvalue weighted by Gasteiger charge is 2.31. The van der Waals surface area contributed by atoms with Gasteiger partial charge in [-0.25, -0.2) is 0 Å². The Hall–Kier alpha value is -1.88. The van der Waals surface area contributed by atoms with Crippen LogP contribution in [0.1, 0.15) is 12.0 Å². The lowest BCUT2D eigenvalue weighted by Crippen LogP contribution is -2.50. The van der Waals surface area contributed by atoms with Gasteiger partial charge in [0, 0.05) is 5.69 Å². The predicted molar refractivity (Wildman–Crippen MR) is 65.5 cm³/mol. The van der Waals surface area contributed by atoms with E-state index in [9.17, 15) is 9.59 Å². The maximum absolute atomic E-state index is 11.9. The number of aryl methyl sites for hydroxylation is 1. The summed E-state index contributed by atoms with van der Waals surface area (Å²) in [4.78, 5) is 24.2. The molecule has 0 spiro atoms. The molecule has 1 aliphatic rings. The highest BCUT2D eigenvalue weighted by Crippen LogP contribution is 2.22. The van der Waals surface area contributed by atoms with Crippen LogP contribution in [0.4, 0.5) is 5.69 Å². The average Bonchev–Trinajstić information content (AvgIpc) is 2.30. The van der Waals surface area contributed by atoms with Crippen molar-refractivity contribution >= 4 is 17.6 Å². The summed E-state index contributed by atoms with van der Waals surface area (Å²) in [5, 5.41) is 8.87. The normalized spacial score (nSPS) is 19.9. The van der Waals surface area contributed by atoms with Crippen LogP contribution in [-0.2, 0) is 14.3 Å². The van der Waals surface area contributed by atoms with Gasteiger partial charge in [0.05, 0.1) is 19.1 Å². The van der Waals surface area contributed by atoms with Crippen LogP contribution in [0.5, 0.6) is 0 Å². The molecule has 0 aromatic heterocycles. The lowest BCUT2D eigenvalue weighted by Gasteiger charge is -2.34. The molecule has 1 atom stereocenters. The molecule has 1 heterocycles. The van der Waals surface area contributed by atoms with Crippen molar-refractivity contribution in [1.29, 1.82) is 0 Å². The number of carboxylic acid groups (broad SMARTS) is 1. The second-order valence-corrected chi connectivity index (χ2v) is 4.37. The molecule has 1 N–H and O–H groups in total. The van der Waals surface area contributed by atoms with Gasteiger partial charge < -0.3 is 14.7 Å². The van der Waals surface area contributed by atoms with Crippen molar-refractivity contribution in [3.05, 3.63) is 29.8 Å². The number of anilines is 1. The molecule has 1 aliphatic heterocycles. The van der Waals surface area contributed by atoms with Crippen molar-refractivity contribution in [2.75, 3.05) is 18.1 Å². The minimum atomic E-state index is -0.935. The number of aliphatic carboxylic acids is 1. The van der Waals surface area contributed by atoms with Gasteiger partial charge in [-0.2, -0.15) is 0 Å². The van der Waals surface area contributed by atoms with Gasteiger partial charge in [0.25, 0.3) is 5.91 Å². The number of hydrogen-bond acceptors (Lipinski definition) is 3. The summed E-state index contributed by atoms with van der Waals surface area (Å²) in [5.41, 5.74) is 1.81. The molecule has 2 rings (SSSR count). The second-order valence-electron chi connectivity index (χ2n) is 4.37. The van der Waals surface area contributed by atoms with Crippen molar-refractivity contribution in [3.63, 3.8) is 0 Å². The molecule has 0 aliphatic carbocycles. The Morgan fingerprint density at radius 3 is 2.72 bits per heavy atom. The number of benzene rings is 1. The Kier molecular flexibility index (Phi) is 3.62. The molecule has 96 valence electrons. The molecule has 1 unspecified atom stereocenters. The van der Waals surface area contributed by atoms with Crippen LogP contribution >= 0.6 is 0 Å². The van der Waals surface area contributed by atoms with Crippen LogP contribution in [0.2, 0.25) is 0 Å². The quantitative estimate of drug-likeness (QED) is 0.874. The number of ether oxygens (including phenoxy) is 1. The molecule has 18 heavy (non-hydrogen) atoms. The van der Waals surface area contributed by atoms with Crippen molar-refractivity contribution in [1.82, 2.24) is 0 Å². The summed E-state index contributed by atoms with van der Waals surface area (Å²) < 4.78 is 5.12. The number of carbonyl (C=O) groups excluding carboxylic acids is 1. The van der Waals surface area contributed by atoms with Crippen LogP contribution in [0.3, 0.4) is 0 Å². The minimum absolute atomic E-state index is 0.00396. The molecule has 1 amide bonds. The monoisotopic (exact) mass is 249 g/mol. The van der Waals surface area contributed by atoms with Gasteiger partial charge in [-0.3, -0.25) is 9.59 Å². The smallest absolute Gasteiger partial charge is 0.305 e. The highest BCUT2D eigenvalue weighted by molar-refractivity contribution is 5.96. The van der Waals surface area contributed by atoms with Crippen LogP contribution in [0.25, 0.3) is 0 Å². The standard InChI is InChI=1S/C13H15NO4/c1-9-2-4-10(5-3-9)14-11(6-13(16)17)7-18-8-12(14)15/h2-5,11H,6-8H2,1H3,(H,16,17). The molecule has 1 aromatic rings. The molecule has 1 fully saturated rings. The summed E-state index contributed by atoms with van der Waals surface area (Å²) in [6, 6.07) is 7.01. The molecule has 5 heteroatoms. The lowest BCUT2D eigenvalue weighted by atomic mass is 10.1. The van der Waals surface area contributed by atoms with Crippen LogP contribution in [0, 0.1) is 6.92 Å². The van der Waals surface area contributed by atoms with Gasteiger partial charge in [-0.1, -0.05) is 17.7 Å². The summed E-state index contributed by atoms with van der Waals surface area (Å²) in [5.74, 6) is -1.13. The van der Waals surface area contributed by atoms with E-state index < -0.39 is 12.0 Å². The zero-order valence-corrected chi connectivity index (χ0v) is 10.1.